The molecule has 0 aromatic heterocycles. The smallest absolute Gasteiger partial charge is 0.267 e. The van der Waals surface area contributed by atoms with Crippen molar-refractivity contribution >= 4 is 6.29 Å². The van der Waals surface area contributed by atoms with Gasteiger partial charge in [-0.1, -0.05) is 0 Å². The summed E-state index contributed by atoms with van der Waals surface area (Å²) in [5, 5.41) is 0. The van der Waals surface area contributed by atoms with Crippen molar-refractivity contribution in [2.24, 2.45) is 0 Å². The lowest BCUT2D eigenvalue weighted by Gasteiger charge is -2.09. The highest BCUT2D eigenvalue weighted by Crippen LogP contribution is 2.32. The van der Waals surface area contributed by atoms with E-state index in [1.165, 1.54) is 0 Å². The van der Waals surface area contributed by atoms with E-state index >= 15 is 0 Å². The van der Waals surface area contributed by atoms with Gasteiger partial charge in [-0.15, -0.1) is 0 Å². The Morgan fingerprint density at radius 1 is 1.43 bits per heavy atom. The summed E-state index contributed by atoms with van der Waals surface area (Å²) in [5.41, 5.74) is -0.836. The van der Waals surface area contributed by atoms with E-state index in [9.17, 15) is 18.0 Å². The van der Waals surface area contributed by atoms with E-state index in [0.29, 0.717) is 6.07 Å². The van der Waals surface area contributed by atoms with Crippen LogP contribution in [0.1, 0.15) is 22.3 Å². The Hall–Kier alpha value is -1.52. The zero-order valence-corrected chi connectivity index (χ0v) is 7.26. The van der Waals surface area contributed by atoms with Crippen LogP contribution in [0.3, 0.4) is 0 Å². The average Bonchev–Trinajstić information content (AvgIpc) is 2.16. The fraction of sp³-hybridized carbons (Fsp3) is 0.222. The van der Waals surface area contributed by atoms with Crippen LogP contribution >= 0.6 is 0 Å². The molecular formula is C9H7F3O2. The van der Waals surface area contributed by atoms with Gasteiger partial charge in [0.15, 0.2) is 6.29 Å². The first-order chi connectivity index (χ1) is 6.60. The lowest BCUT2D eigenvalue weighted by molar-refractivity contribution is 0.111. The molecule has 0 saturated carbocycles. The number of carbonyl (C=O) groups is 1. The monoisotopic (exact) mass is 204 g/mol. The fourth-order valence-electron chi connectivity index (χ4n) is 1.12. The number of hydrogen-bond donors (Lipinski definition) is 0. The molecule has 1 aromatic rings. The Kier molecular flexibility index (Phi) is 3.11. The number of carbonyl (C=O) groups excluding carboxylic acids is 1. The largest absolute Gasteiger partial charge is 0.495 e. The second-order valence-corrected chi connectivity index (χ2v) is 2.54. The molecule has 0 fully saturated rings. The Bertz CT molecular complexity index is 350. The van der Waals surface area contributed by atoms with E-state index in [1.807, 2.05) is 0 Å². The SMILES string of the molecule is COc1c(C=O)cc(F)cc1C(F)F. The molecule has 0 atom stereocenters. The Morgan fingerprint density at radius 3 is 2.50 bits per heavy atom. The molecular weight excluding hydrogens is 197 g/mol. The van der Waals surface area contributed by atoms with Gasteiger partial charge >= 0.3 is 0 Å². The van der Waals surface area contributed by atoms with Gasteiger partial charge in [0.2, 0.25) is 0 Å². The summed E-state index contributed by atoms with van der Waals surface area (Å²) in [5.74, 6) is -1.17. The van der Waals surface area contributed by atoms with Crippen molar-refractivity contribution in [3.63, 3.8) is 0 Å². The van der Waals surface area contributed by atoms with E-state index in [4.69, 9.17) is 0 Å². The Labute approximate surface area is 78.3 Å². The van der Waals surface area contributed by atoms with Crippen molar-refractivity contribution in [3.8, 4) is 5.75 Å². The van der Waals surface area contributed by atoms with Gasteiger partial charge in [-0.2, -0.15) is 0 Å². The molecule has 0 aliphatic heterocycles. The predicted molar refractivity (Wildman–Crippen MR) is 43.3 cm³/mol. The summed E-state index contributed by atoms with van der Waals surface area (Å²) in [6.07, 6.45) is -2.60. The van der Waals surface area contributed by atoms with Crippen LogP contribution in [0.5, 0.6) is 5.75 Å². The van der Waals surface area contributed by atoms with Gasteiger partial charge in [0.1, 0.15) is 11.6 Å². The first-order valence-corrected chi connectivity index (χ1v) is 3.71. The topological polar surface area (TPSA) is 26.3 Å². The molecule has 0 bridgehead atoms. The first-order valence-electron chi connectivity index (χ1n) is 3.71. The molecule has 0 aliphatic carbocycles. The zero-order valence-electron chi connectivity index (χ0n) is 7.26. The number of hydrogen-bond acceptors (Lipinski definition) is 2. The molecule has 1 aromatic carbocycles. The van der Waals surface area contributed by atoms with Crippen LogP contribution < -0.4 is 4.74 Å². The average molecular weight is 204 g/mol. The molecule has 0 N–H and O–H groups in total. The van der Waals surface area contributed by atoms with E-state index in [-0.39, 0.29) is 17.6 Å². The molecule has 76 valence electrons. The third-order valence-electron chi connectivity index (χ3n) is 1.68. The number of methoxy groups -OCH3 is 1. The molecule has 0 heterocycles. The number of alkyl halides is 2. The van der Waals surface area contributed by atoms with Gasteiger partial charge in [-0.25, -0.2) is 13.2 Å². The maximum absolute atomic E-state index is 12.7. The lowest BCUT2D eigenvalue weighted by Crippen LogP contribution is -1.98. The summed E-state index contributed by atoms with van der Waals surface area (Å²) < 4.78 is 42.0. The number of benzene rings is 1. The van der Waals surface area contributed by atoms with Crippen LogP contribution in [0.4, 0.5) is 13.2 Å². The van der Waals surface area contributed by atoms with Crippen LogP contribution in [0.25, 0.3) is 0 Å². The van der Waals surface area contributed by atoms with Crippen molar-refractivity contribution in [2.75, 3.05) is 7.11 Å². The maximum Gasteiger partial charge on any atom is 0.267 e. The number of ether oxygens (including phenoxy) is 1. The molecule has 0 amide bonds. The first kappa shape index (κ1) is 10.6. The molecule has 0 radical (unpaired) electrons. The normalized spacial score (nSPS) is 10.4. The Balaban J connectivity index is 3.39. The number of aldehydes is 1. The number of rotatable bonds is 3. The quantitative estimate of drug-likeness (QED) is 0.707. The summed E-state index contributed by atoms with van der Waals surface area (Å²) in [6, 6.07) is 1.49. The highest BCUT2D eigenvalue weighted by atomic mass is 19.3. The minimum absolute atomic E-state index is 0.220. The lowest BCUT2D eigenvalue weighted by atomic mass is 10.1. The van der Waals surface area contributed by atoms with Crippen molar-refractivity contribution in [1.82, 2.24) is 0 Å². The molecule has 0 unspecified atom stereocenters. The van der Waals surface area contributed by atoms with E-state index in [2.05, 4.69) is 4.74 Å². The van der Waals surface area contributed by atoms with E-state index in [0.717, 1.165) is 13.2 Å². The molecule has 0 saturated heterocycles. The minimum Gasteiger partial charge on any atom is -0.495 e. The molecule has 14 heavy (non-hydrogen) atoms. The third-order valence-corrected chi connectivity index (χ3v) is 1.68. The molecule has 5 heteroatoms. The van der Waals surface area contributed by atoms with Crippen LogP contribution in [-0.4, -0.2) is 13.4 Å². The van der Waals surface area contributed by atoms with Crippen molar-refractivity contribution in [3.05, 3.63) is 29.1 Å². The predicted octanol–water partition coefficient (Wildman–Crippen LogP) is 2.58. The second-order valence-electron chi connectivity index (χ2n) is 2.54. The van der Waals surface area contributed by atoms with Gasteiger partial charge in [-0.05, 0) is 12.1 Å². The highest BCUT2D eigenvalue weighted by molar-refractivity contribution is 5.80. The minimum atomic E-state index is -2.88. The van der Waals surface area contributed by atoms with Crippen molar-refractivity contribution in [2.45, 2.75) is 6.43 Å². The van der Waals surface area contributed by atoms with Gasteiger partial charge in [0, 0.05) is 0 Å². The third kappa shape index (κ3) is 1.86. The van der Waals surface area contributed by atoms with E-state index in [1.54, 1.807) is 0 Å². The zero-order chi connectivity index (χ0) is 10.7. The summed E-state index contributed by atoms with van der Waals surface area (Å²) in [6.45, 7) is 0. The van der Waals surface area contributed by atoms with Gasteiger partial charge in [0.25, 0.3) is 6.43 Å². The van der Waals surface area contributed by atoms with Crippen molar-refractivity contribution < 1.29 is 22.7 Å². The highest BCUT2D eigenvalue weighted by Gasteiger charge is 2.18. The van der Waals surface area contributed by atoms with E-state index < -0.39 is 17.8 Å². The van der Waals surface area contributed by atoms with Gasteiger partial charge in [0.05, 0.1) is 18.2 Å². The molecule has 0 spiro atoms. The summed E-state index contributed by atoms with van der Waals surface area (Å²) in [4.78, 5) is 10.4. The molecule has 0 aliphatic rings. The standard InChI is InChI=1S/C9H7F3O2/c1-14-8-5(4-13)2-6(10)3-7(8)9(11)12/h2-4,9H,1H3. The summed E-state index contributed by atoms with van der Waals surface area (Å²) >= 11 is 0. The van der Waals surface area contributed by atoms with Gasteiger partial charge < -0.3 is 4.74 Å². The van der Waals surface area contributed by atoms with Crippen LogP contribution in [0.15, 0.2) is 12.1 Å². The van der Waals surface area contributed by atoms with Crippen LogP contribution in [-0.2, 0) is 0 Å². The molecule has 2 nitrogen and oxygen atoms in total. The number of halogens is 3. The second kappa shape index (κ2) is 4.13. The van der Waals surface area contributed by atoms with Gasteiger partial charge in [-0.3, -0.25) is 4.79 Å². The maximum atomic E-state index is 12.7. The fourth-order valence-corrected chi connectivity index (χ4v) is 1.12. The van der Waals surface area contributed by atoms with Crippen molar-refractivity contribution in [1.29, 1.82) is 0 Å². The van der Waals surface area contributed by atoms with Crippen LogP contribution in [0, 0.1) is 5.82 Å². The van der Waals surface area contributed by atoms with Crippen LogP contribution in [0.2, 0.25) is 0 Å². The summed E-state index contributed by atoms with van der Waals surface area (Å²) in [7, 11) is 1.14. The molecule has 1 rings (SSSR count). The Morgan fingerprint density at radius 2 is 2.07 bits per heavy atom.